The van der Waals surface area contributed by atoms with Crippen LogP contribution in [0.15, 0.2) is 35.3 Å². The van der Waals surface area contributed by atoms with Crippen molar-refractivity contribution in [2.75, 3.05) is 46.5 Å². The van der Waals surface area contributed by atoms with Crippen LogP contribution < -0.4 is 5.32 Å². The van der Waals surface area contributed by atoms with Crippen molar-refractivity contribution >= 4 is 35.9 Å². The van der Waals surface area contributed by atoms with Gasteiger partial charge in [0, 0.05) is 32.8 Å². The van der Waals surface area contributed by atoms with Crippen molar-refractivity contribution in [2.45, 2.75) is 32.6 Å². The van der Waals surface area contributed by atoms with Gasteiger partial charge in [0.25, 0.3) is 0 Å². The Morgan fingerprint density at radius 3 is 2.57 bits per heavy atom. The molecule has 0 amide bonds. The summed E-state index contributed by atoms with van der Waals surface area (Å²) in [5.41, 5.74) is 1.31. The number of aliphatic imine (C=N–C) groups is 1. The van der Waals surface area contributed by atoms with Crippen LogP contribution in [0, 0.1) is 5.92 Å². The summed E-state index contributed by atoms with van der Waals surface area (Å²) in [5.74, 6) is 0.862. The van der Waals surface area contributed by atoms with E-state index in [-0.39, 0.29) is 35.9 Å². The van der Waals surface area contributed by atoms with E-state index in [9.17, 15) is 4.79 Å². The number of rotatable bonds is 9. The molecule has 1 N–H and O–H groups in total. The van der Waals surface area contributed by atoms with Crippen molar-refractivity contribution in [1.82, 2.24) is 10.2 Å². The van der Waals surface area contributed by atoms with E-state index >= 15 is 0 Å². The zero-order chi connectivity index (χ0) is 19.3. The van der Waals surface area contributed by atoms with E-state index < -0.39 is 0 Å². The predicted molar refractivity (Wildman–Crippen MR) is 123 cm³/mol. The molecule has 2 rings (SSSR count). The van der Waals surface area contributed by atoms with Crippen LogP contribution in [0.1, 0.15) is 31.7 Å². The first kappa shape index (κ1) is 24.7. The molecule has 1 aromatic rings. The third-order valence-electron chi connectivity index (χ3n) is 4.75. The van der Waals surface area contributed by atoms with E-state index in [1.54, 1.807) is 0 Å². The molecule has 0 aromatic heterocycles. The van der Waals surface area contributed by atoms with Gasteiger partial charge in [-0.15, -0.1) is 24.0 Å². The summed E-state index contributed by atoms with van der Waals surface area (Å²) >= 11 is 0. The van der Waals surface area contributed by atoms with Crippen LogP contribution in [0.2, 0.25) is 0 Å². The number of halogens is 1. The lowest BCUT2D eigenvalue weighted by Gasteiger charge is -2.33. The maximum absolute atomic E-state index is 11.7. The number of carbonyl (C=O) groups is 1. The third-order valence-corrected chi connectivity index (χ3v) is 4.75. The van der Waals surface area contributed by atoms with Gasteiger partial charge >= 0.3 is 5.97 Å². The first-order chi connectivity index (χ1) is 13.2. The van der Waals surface area contributed by atoms with Gasteiger partial charge in [-0.25, -0.2) is 0 Å². The Balaban J connectivity index is 0.00000392. The molecule has 158 valence electrons. The second-order valence-electron chi connectivity index (χ2n) is 6.72. The van der Waals surface area contributed by atoms with Gasteiger partial charge < -0.3 is 19.7 Å². The minimum Gasteiger partial charge on any atom is -0.469 e. The smallest absolute Gasteiger partial charge is 0.308 e. The maximum Gasteiger partial charge on any atom is 0.308 e. The monoisotopic (exact) mass is 503 g/mol. The zero-order valence-corrected chi connectivity index (χ0v) is 19.4. The summed E-state index contributed by atoms with van der Waals surface area (Å²) < 4.78 is 10.6. The number of benzene rings is 1. The SMILES string of the molecule is CCNC(=NCCCOCCc1ccccc1)N1CCC(C(=O)OC)CC1.I. The number of nitrogens with zero attached hydrogens (tertiary/aromatic N) is 2. The summed E-state index contributed by atoms with van der Waals surface area (Å²) in [4.78, 5) is 18.6. The standard InChI is InChI=1S/C21H33N3O3.HI/c1-3-22-21(24-14-10-19(11-15-24)20(25)26-2)23-13-7-16-27-17-12-18-8-5-4-6-9-18;/h4-6,8-9,19H,3,7,10-17H2,1-2H3,(H,22,23);1H. The van der Waals surface area contributed by atoms with Gasteiger partial charge in [0.2, 0.25) is 0 Å². The lowest BCUT2D eigenvalue weighted by atomic mass is 9.97. The maximum atomic E-state index is 11.7. The molecule has 0 radical (unpaired) electrons. The lowest BCUT2D eigenvalue weighted by molar-refractivity contribution is -0.146. The highest BCUT2D eigenvalue weighted by molar-refractivity contribution is 14.0. The molecule has 0 saturated carbocycles. The number of likely N-dealkylation sites (tertiary alicyclic amines) is 1. The Morgan fingerprint density at radius 2 is 1.93 bits per heavy atom. The molecule has 1 aliphatic rings. The normalized spacial score (nSPS) is 15.1. The number of piperidine rings is 1. The minimum absolute atomic E-state index is 0. The fraction of sp³-hybridized carbons (Fsp3) is 0.619. The van der Waals surface area contributed by atoms with Crippen molar-refractivity contribution in [3.8, 4) is 0 Å². The highest BCUT2D eigenvalue weighted by Gasteiger charge is 2.26. The third kappa shape index (κ3) is 8.77. The molecular weight excluding hydrogens is 469 g/mol. The summed E-state index contributed by atoms with van der Waals surface area (Å²) in [6, 6.07) is 10.4. The van der Waals surface area contributed by atoms with E-state index in [4.69, 9.17) is 14.5 Å². The van der Waals surface area contributed by atoms with E-state index in [0.717, 1.165) is 71.0 Å². The lowest BCUT2D eigenvalue weighted by Crippen LogP contribution is -2.46. The molecule has 28 heavy (non-hydrogen) atoms. The molecule has 0 bridgehead atoms. The molecule has 7 heteroatoms. The molecule has 1 aromatic carbocycles. The van der Waals surface area contributed by atoms with Gasteiger partial charge in [-0.3, -0.25) is 9.79 Å². The van der Waals surface area contributed by atoms with E-state index in [0.29, 0.717) is 0 Å². The van der Waals surface area contributed by atoms with Gasteiger partial charge in [0.1, 0.15) is 0 Å². The Hall–Kier alpha value is -1.35. The highest BCUT2D eigenvalue weighted by atomic mass is 127. The van der Waals surface area contributed by atoms with Crippen molar-refractivity contribution in [3.63, 3.8) is 0 Å². The van der Waals surface area contributed by atoms with Gasteiger partial charge in [-0.2, -0.15) is 0 Å². The van der Waals surface area contributed by atoms with Crippen LogP contribution in [-0.2, 0) is 20.7 Å². The molecule has 0 atom stereocenters. The second kappa shape index (κ2) is 14.6. The Kier molecular flexibility index (Phi) is 12.9. The Morgan fingerprint density at radius 1 is 1.21 bits per heavy atom. The van der Waals surface area contributed by atoms with E-state index in [1.807, 2.05) is 6.07 Å². The van der Waals surface area contributed by atoms with Crippen LogP contribution in [0.3, 0.4) is 0 Å². The van der Waals surface area contributed by atoms with Crippen LogP contribution in [-0.4, -0.2) is 63.3 Å². The number of methoxy groups -OCH3 is 1. The molecular formula is C21H34IN3O3. The van der Waals surface area contributed by atoms with Gasteiger partial charge in [-0.1, -0.05) is 30.3 Å². The second-order valence-corrected chi connectivity index (χ2v) is 6.72. The van der Waals surface area contributed by atoms with Gasteiger partial charge in [0.15, 0.2) is 5.96 Å². The van der Waals surface area contributed by atoms with Crippen molar-refractivity contribution in [3.05, 3.63) is 35.9 Å². The number of hydrogen-bond acceptors (Lipinski definition) is 4. The number of carbonyl (C=O) groups excluding carboxylic acids is 1. The summed E-state index contributed by atoms with van der Waals surface area (Å²) in [6.45, 7) is 6.78. The molecule has 1 heterocycles. The summed E-state index contributed by atoms with van der Waals surface area (Å²) in [5, 5.41) is 3.35. The Labute approximate surface area is 186 Å². The topological polar surface area (TPSA) is 63.2 Å². The molecule has 1 fully saturated rings. The number of hydrogen-bond donors (Lipinski definition) is 1. The molecule has 1 saturated heterocycles. The first-order valence-corrected chi connectivity index (χ1v) is 9.97. The molecule has 6 nitrogen and oxygen atoms in total. The van der Waals surface area contributed by atoms with Crippen molar-refractivity contribution in [1.29, 1.82) is 0 Å². The Bertz CT molecular complexity index is 576. The van der Waals surface area contributed by atoms with Crippen LogP contribution in [0.25, 0.3) is 0 Å². The molecule has 0 spiro atoms. The first-order valence-electron chi connectivity index (χ1n) is 9.97. The molecule has 0 unspecified atom stereocenters. The van der Waals surface area contributed by atoms with Gasteiger partial charge in [0.05, 0.1) is 19.6 Å². The fourth-order valence-electron chi connectivity index (χ4n) is 3.21. The largest absolute Gasteiger partial charge is 0.469 e. The fourth-order valence-corrected chi connectivity index (χ4v) is 3.21. The van der Waals surface area contributed by atoms with E-state index in [2.05, 4.69) is 41.4 Å². The minimum atomic E-state index is -0.0933. The molecule has 0 aliphatic carbocycles. The van der Waals surface area contributed by atoms with Crippen LogP contribution in [0.5, 0.6) is 0 Å². The zero-order valence-electron chi connectivity index (χ0n) is 17.1. The van der Waals surface area contributed by atoms with Crippen LogP contribution >= 0.6 is 24.0 Å². The average Bonchev–Trinajstić information content (AvgIpc) is 2.72. The summed E-state index contributed by atoms with van der Waals surface area (Å²) in [7, 11) is 1.46. The number of nitrogens with one attached hydrogen (secondary N) is 1. The van der Waals surface area contributed by atoms with Crippen molar-refractivity contribution < 1.29 is 14.3 Å². The van der Waals surface area contributed by atoms with Crippen LogP contribution in [0.4, 0.5) is 0 Å². The molecule has 1 aliphatic heterocycles. The number of ether oxygens (including phenoxy) is 2. The summed E-state index contributed by atoms with van der Waals surface area (Å²) in [6.07, 6.45) is 3.49. The van der Waals surface area contributed by atoms with Crippen molar-refractivity contribution in [2.24, 2.45) is 10.9 Å². The quantitative estimate of drug-likeness (QED) is 0.185. The predicted octanol–water partition coefficient (Wildman–Crippen LogP) is 3.10. The van der Waals surface area contributed by atoms with Gasteiger partial charge in [-0.05, 0) is 38.2 Å². The number of guanidine groups is 1. The highest BCUT2D eigenvalue weighted by Crippen LogP contribution is 2.18. The number of esters is 1. The average molecular weight is 503 g/mol. The van der Waals surface area contributed by atoms with E-state index in [1.165, 1.54) is 12.7 Å².